The number of nitriles is 1. The van der Waals surface area contributed by atoms with Crippen molar-refractivity contribution in [2.45, 2.75) is 69.9 Å². The van der Waals surface area contributed by atoms with Crippen molar-refractivity contribution < 1.29 is 33.8 Å². The van der Waals surface area contributed by atoms with Gasteiger partial charge in [-0.25, -0.2) is 4.79 Å². The number of benzene rings is 4. The number of ether oxygens (including phenoxy) is 2. The number of carboxylic acid groups (broad SMARTS) is 1. The second-order valence-corrected chi connectivity index (χ2v) is 13.9. The van der Waals surface area contributed by atoms with Gasteiger partial charge in [0.05, 0.1) is 18.2 Å². The molecule has 4 aromatic rings. The molecule has 0 bridgehead atoms. The zero-order chi connectivity index (χ0) is 38.2. The van der Waals surface area contributed by atoms with Gasteiger partial charge < -0.3 is 35.0 Å². The van der Waals surface area contributed by atoms with Crippen LogP contribution < -0.4 is 10.6 Å². The largest absolute Gasteiger partial charge is 0.480 e. The highest BCUT2D eigenvalue weighted by Crippen LogP contribution is 2.40. The summed E-state index contributed by atoms with van der Waals surface area (Å²) in [5.74, 6) is -3.07. The van der Waals surface area contributed by atoms with Crippen LogP contribution in [0.1, 0.15) is 56.8 Å². The molecule has 12 heteroatoms. The Morgan fingerprint density at radius 1 is 0.704 bits per heavy atom. The van der Waals surface area contributed by atoms with Gasteiger partial charge in [-0.3, -0.25) is 14.4 Å². The third-order valence-corrected chi connectivity index (χ3v) is 9.60. The second-order valence-electron chi connectivity index (χ2n) is 13.9. The quantitative estimate of drug-likeness (QED) is 0.163. The molecule has 2 heterocycles. The highest BCUT2D eigenvalue weighted by Gasteiger charge is 2.55. The molecule has 3 N–H and O–H groups in total. The topological polar surface area (TPSA) is 161 Å². The summed E-state index contributed by atoms with van der Waals surface area (Å²) < 4.78 is 13.5. The van der Waals surface area contributed by atoms with E-state index in [4.69, 9.17) is 19.8 Å². The van der Waals surface area contributed by atoms with E-state index in [9.17, 15) is 14.4 Å². The molecule has 2 aliphatic heterocycles. The number of carbonyl (C=O) groups is 4. The summed E-state index contributed by atoms with van der Waals surface area (Å²) in [5, 5.41) is 23.1. The van der Waals surface area contributed by atoms with Gasteiger partial charge in [-0.05, 0) is 73.2 Å². The summed E-state index contributed by atoms with van der Waals surface area (Å²) in [4.78, 5) is 55.9. The molecule has 0 spiro atoms. The number of hydrogen-bond acceptors (Lipinski definition) is 7. The number of fused-ring (bicyclic) bond motifs is 1. The van der Waals surface area contributed by atoms with E-state index in [2.05, 4.69) is 10.6 Å². The fourth-order valence-electron chi connectivity index (χ4n) is 7.24. The van der Waals surface area contributed by atoms with Crippen LogP contribution >= 0.6 is 0 Å². The van der Waals surface area contributed by atoms with Crippen LogP contribution in [0.3, 0.4) is 0 Å². The van der Waals surface area contributed by atoms with Crippen LogP contribution in [-0.2, 0) is 40.2 Å². The van der Waals surface area contributed by atoms with Gasteiger partial charge in [0, 0.05) is 24.2 Å². The minimum absolute atomic E-state index is 0.106. The van der Waals surface area contributed by atoms with E-state index in [0.29, 0.717) is 29.5 Å². The number of nitrogens with zero attached hydrogens (tertiary/aromatic N) is 3. The molecule has 4 atom stereocenters. The molecular weight excluding hydrogens is 686 g/mol. The van der Waals surface area contributed by atoms with Gasteiger partial charge in [0.25, 0.3) is 11.8 Å². The van der Waals surface area contributed by atoms with Gasteiger partial charge in [-0.1, -0.05) is 84.9 Å². The maximum atomic E-state index is 15.4. The van der Waals surface area contributed by atoms with Gasteiger partial charge in [0.1, 0.15) is 25.3 Å². The van der Waals surface area contributed by atoms with Crippen molar-refractivity contribution in [2.75, 3.05) is 13.1 Å². The van der Waals surface area contributed by atoms with Crippen molar-refractivity contribution in [2.24, 2.45) is 0 Å². The first-order chi connectivity index (χ1) is 26.0. The Balaban J connectivity index is 1.46. The summed E-state index contributed by atoms with van der Waals surface area (Å²) in [6.07, 6.45) is -0.210. The van der Waals surface area contributed by atoms with E-state index in [0.717, 1.165) is 11.1 Å². The number of rotatable bonds is 13. The van der Waals surface area contributed by atoms with Crippen LogP contribution in [-0.4, -0.2) is 81.9 Å². The van der Waals surface area contributed by atoms with Crippen molar-refractivity contribution in [3.05, 3.63) is 143 Å². The number of aliphatic carboxylic acids is 1. The molecule has 4 amide bonds. The minimum Gasteiger partial charge on any atom is -0.480 e. The molecular formula is C42H43N5O7. The monoisotopic (exact) mass is 729 g/mol. The molecule has 54 heavy (non-hydrogen) atoms. The standard InChI is InChI=1S/C42H43N5O7/c1-42(2)53-37-34(23-28-11-5-3-6-12-28)46(26-30-15-9-17-32(21-30)39(50)44-20-19-43)41(52)47(35(38(37)54-42)24-29-13-7-4-8-14-29)27-31-16-10-18-33(22-31)40(51)45-25-36(48)49/h3-18,21-22,34-35,37-38H,20,23-27H2,1-2H3,(H,44,50)(H,45,51)(H,48,49)/t34-,35-,37+,38+/m1/s1. The van der Waals surface area contributed by atoms with Gasteiger partial charge >= 0.3 is 12.0 Å². The van der Waals surface area contributed by atoms with Crippen molar-refractivity contribution in [3.63, 3.8) is 0 Å². The SMILES string of the molecule is CC1(C)O[C@@H]2[C@@H](O1)[C@@H](Cc1ccccc1)N(Cc1cccc(C(=O)NCC(=O)O)c1)C(=O)N(Cc1cccc(C(=O)NCC#N)c1)[C@@H]2Cc1ccccc1. The average molecular weight is 730 g/mol. The molecule has 2 fully saturated rings. The lowest BCUT2D eigenvalue weighted by atomic mass is 9.90. The Morgan fingerprint density at radius 3 is 1.59 bits per heavy atom. The molecule has 0 radical (unpaired) electrons. The lowest BCUT2D eigenvalue weighted by Gasteiger charge is -2.37. The Morgan fingerprint density at radius 2 is 1.15 bits per heavy atom. The summed E-state index contributed by atoms with van der Waals surface area (Å²) in [6, 6.07) is 34.2. The first-order valence-electron chi connectivity index (χ1n) is 17.8. The van der Waals surface area contributed by atoms with E-state index in [1.165, 1.54) is 0 Å². The van der Waals surface area contributed by atoms with Gasteiger partial charge in [-0.2, -0.15) is 5.26 Å². The second kappa shape index (κ2) is 16.8. The third kappa shape index (κ3) is 9.12. The van der Waals surface area contributed by atoms with Crippen LogP contribution in [0.2, 0.25) is 0 Å². The summed E-state index contributed by atoms with van der Waals surface area (Å²) >= 11 is 0. The van der Waals surface area contributed by atoms with Crippen LogP contribution in [0.5, 0.6) is 0 Å². The maximum absolute atomic E-state index is 15.4. The van der Waals surface area contributed by atoms with Crippen LogP contribution in [0.15, 0.2) is 109 Å². The van der Waals surface area contributed by atoms with Crippen LogP contribution in [0, 0.1) is 11.3 Å². The number of carbonyl (C=O) groups excluding carboxylic acids is 3. The minimum atomic E-state index is -1.16. The Labute approximate surface area is 314 Å². The molecule has 0 saturated carbocycles. The smallest absolute Gasteiger partial charge is 0.322 e. The number of carboxylic acids is 1. The molecule has 278 valence electrons. The van der Waals surface area contributed by atoms with Crippen LogP contribution in [0.4, 0.5) is 4.79 Å². The highest BCUT2D eigenvalue weighted by molar-refractivity contribution is 5.96. The van der Waals surface area contributed by atoms with Gasteiger partial charge in [-0.15, -0.1) is 0 Å². The van der Waals surface area contributed by atoms with Crippen molar-refractivity contribution in [1.82, 2.24) is 20.4 Å². The van der Waals surface area contributed by atoms with Crippen molar-refractivity contribution >= 4 is 23.8 Å². The molecule has 0 aliphatic carbocycles. The molecule has 6 rings (SSSR count). The molecule has 4 aromatic carbocycles. The van der Waals surface area contributed by atoms with Crippen molar-refractivity contribution in [3.8, 4) is 6.07 Å². The first-order valence-corrected chi connectivity index (χ1v) is 17.8. The molecule has 0 aromatic heterocycles. The molecule has 2 saturated heterocycles. The van der Waals surface area contributed by atoms with E-state index in [1.807, 2.05) is 92.7 Å². The first kappa shape index (κ1) is 37.7. The zero-order valence-electron chi connectivity index (χ0n) is 30.2. The van der Waals surface area contributed by atoms with Crippen molar-refractivity contribution in [1.29, 1.82) is 5.26 Å². The Kier molecular flexibility index (Phi) is 11.7. The molecule has 2 aliphatic rings. The Bertz CT molecular complexity index is 2020. The van der Waals surface area contributed by atoms with E-state index in [-0.39, 0.29) is 31.2 Å². The zero-order valence-corrected chi connectivity index (χ0v) is 30.2. The fourth-order valence-corrected chi connectivity index (χ4v) is 7.24. The molecule has 12 nitrogen and oxygen atoms in total. The van der Waals surface area contributed by atoms with E-state index < -0.39 is 54.4 Å². The third-order valence-electron chi connectivity index (χ3n) is 9.60. The predicted molar refractivity (Wildman–Crippen MR) is 199 cm³/mol. The van der Waals surface area contributed by atoms with Crippen LogP contribution in [0.25, 0.3) is 0 Å². The summed E-state index contributed by atoms with van der Waals surface area (Å²) in [5.41, 5.74) is 4.00. The maximum Gasteiger partial charge on any atom is 0.322 e. The van der Waals surface area contributed by atoms with Gasteiger partial charge in [0.2, 0.25) is 0 Å². The number of hydrogen-bond donors (Lipinski definition) is 3. The Hall–Kier alpha value is -6.03. The van der Waals surface area contributed by atoms with E-state index >= 15 is 4.79 Å². The summed E-state index contributed by atoms with van der Waals surface area (Å²) in [7, 11) is 0. The predicted octanol–water partition coefficient (Wildman–Crippen LogP) is 4.93. The van der Waals surface area contributed by atoms with E-state index in [1.54, 1.807) is 46.2 Å². The molecule has 0 unspecified atom stereocenters. The normalized spacial score (nSPS) is 20.4. The lowest BCUT2D eigenvalue weighted by Crippen LogP contribution is -2.51. The highest BCUT2D eigenvalue weighted by atomic mass is 16.8. The number of nitrogens with one attached hydrogen (secondary N) is 2. The van der Waals surface area contributed by atoms with Gasteiger partial charge in [0.15, 0.2) is 5.79 Å². The number of urea groups is 1. The fraction of sp³-hybridized carbons (Fsp3) is 0.310. The lowest BCUT2D eigenvalue weighted by molar-refractivity contribution is -0.157. The summed E-state index contributed by atoms with van der Waals surface area (Å²) in [6.45, 7) is 3.33. The number of amides is 4. The average Bonchev–Trinajstić information content (AvgIpc) is 3.47.